The van der Waals surface area contributed by atoms with Crippen LogP contribution in [-0.4, -0.2) is 32.6 Å². The minimum atomic E-state index is -0.278. The lowest BCUT2D eigenvalue weighted by Gasteiger charge is -2.09. The summed E-state index contributed by atoms with van der Waals surface area (Å²) in [6, 6.07) is 5.15. The first-order chi connectivity index (χ1) is 7.13. The molecule has 0 saturated carbocycles. The van der Waals surface area contributed by atoms with Gasteiger partial charge in [0.2, 0.25) is 0 Å². The van der Waals surface area contributed by atoms with Crippen molar-refractivity contribution in [3.05, 3.63) is 29.6 Å². The Labute approximate surface area is 90.7 Å². The number of aryl methyl sites for hydroxylation is 1. The van der Waals surface area contributed by atoms with Crippen molar-refractivity contribution < 1.29 is 9.13 Å². The van der Waals surface area contributed by atoms with Crippen LogP contribution in [0.3, 0.4) is 0 Å². The minimum absolute atomic E-state index is 0.278. The summed E-state index contributed by atoms with van der Waals surface area (Å²) in [4.78, 5) is 2.12. The number of benzene rings is 1. The molecule has 0 fully saturated rings. The molecule has 0 atom stereocenters. The van der Waals surface area contributed by atoms with E-state index in [0.717, 1.165) is 24.9 Å². The molecule has 1 rings (SSSR count). The lowest BCUT2D eigenvalue weighted by atomic mass is 10.1. The predicted octanol–water partition coefficient (Wildman–Crippen LogP) is 2.33. The monoisotopic (exact) mass is 211 g/mol. The SMILES string of the molecule is COc1ccc(CCCN(C)C)cc1F. The van der Waals surface area contributed by atoms with Crippen LogP contribution in [0.5, 0.6) is 5.75 Å². The number of nitrogens with zero attached hydrogens (tertiary/aromatic N) is 1. The molecule has 3 heteroatoms. The van der Waals surface area contributed by atoms with Crippen molar-refractivity contribution in [1.29, 1.82) is 0 Å². The van der Waals surface area contributed by atoms with Gasteiger partial charge < -0.3 is 9.64 Å². The second-order valence-corrected chi connectivity index (χ2v) is 3.88. The van der Waals surface area contributed by atoms with E-state index in [1.807, 2.05) is 20.2 Å². The molecule has 0 aliphatic carbocycles. The summed E-state index contributed by atoms with van der Waals surface area (Å²) in [5, 5.41) is 0. The molecule has 0 amide bonds. The maximum absolute atomic E-state index is 13.3. The van der Waals surface area contributed by atoms with Gasteiger partial charge in [-0.05, 0) is 51.2 Å². The van der Waals surface area contributed by atoms with Crippen LogP contribution in [0.2, 0.25) is 0 Å². The van der Waals surface area contributed by atoms with Crippen molar-refractivity contribution in [2.45, 2.75) is 12.8 Å². The van der Waals surface area contributed by atoms with E-state index in [9.17, 15) is 4.39 Å². The zero-order valence-electron chi connectivity index (χ0n) is 9.59. The van der Waals surface area contributed by atoms with Crippen molar-refractivity contribution in [3.8, 4) is 5.75 Å². The molecule has 0 aliphatic rings. The van der Waals surface area contributed by atoms with E-state index >= 15 is 0 Å². The summed E-state index contributed by atoms with van der Waals surface area (Å²) in [6.07, 6.45) is 1.94. The lowest BCUT2D eigenvalue weighted by molar-refractivity contribution is 0.385. The third kappa shape index (κ3) is 3.88. The van der Waals surface area contributed by atoms with Gasteiger partial charge in [-0.15, -0.1) is 0 Å². The third-order valence-electron chi connectivity index (χ3n) is 2.29. The van der Waals surface area contributed by atoms with E-state index in [0.29, 0.717) is 5.75 Å². The van der Waals surface area contributed by atoms with Gasteiger partial charge in [-0.1, -0.05) is 6.07 Å². The minimum Gasteiger partial charge on any atom is -0.494 e. The van der Waals surface area contributed by atoms with E-state index in [2.05, 4.69) is 4.90 Å². The molecule has 0 bridgehead atoms. The molecule has 1 aromatic carbocycles. The Bertz CT molecular complexity index is 312. The number of hydrogen-bond donors (Lipinski definition) is 0. The van der Waals surface area contributed by atoms with Gasteiger partial charge in [-0.2, -0.15) is 0 Å². The topological polar surface area (TPSA) is 12.5 Å². The number of rotatable bonds is 5. The van der Waals surface area contributed by atoms with Gasteiger partial charge in [0.05, 0.1) is 7.11 Å². The van der Waals surface area contributed by atoms with E-state index in [1.54, 1.807) is 12.1 Å². The van der Waals surface area contributed by atoms with Crippen molar-refractivity contribution in [2.75, 3.05) is 27.7 Å². The molecule has 84 valence electrons. The largest absolute Gasteiger partial charge is 0.494 e. The maximum atomic E-state index is 13.3. The fourth-order valence-corrected chi connectivity index (χ4v) is 1.46. The van der Waals surface area contributed by atoms with Gasteiger partial charge in [-0.25, -0.2) is 4.39 Å². The van der Waals surface area contributed by atoms with Crippen LogP contribution in [0.4, 0.5) is 4.39 Å². The Kier molecular flexibility index (Phi) is 4.56. The first kappa shape index (κ1) is 12.0. The van der Waals surface area contributed by atoms with E-state index in [1.165, 1.54) is 7.11 Å². The smallest absolute Gasteiger partial charge is 0.165 e. The van der Waals surface area contributed by atoms with Crippen molar-refractivity contribution >= 4 is 0 Å². The molecule has 0 radical (unpaired) electrons. The van der Waals surface area contributed by atoms with Crippen LogP contribution < -0.4 is 4.74 Å². The molecule has 1 aromatic rings. The zero-order chi connectivity index (χ0) is 11.3. The third-order valence-corrected chi connectivity index (χ3v) is 2.29. The Hall–Kier alpha value is -1.09. The predicted molar refractivity (Wildman–Crippen MR) is 59.8 cm³/mol. The summed E-state index contributed by atoms with van der Waals surface area (Å²) >= 11 is 0. The van der Waals surface area contributed by atoms with Gasteiger partial charge in [0.25, 0.3) is 0 Å². The van der Waals surface area contributed by atoms with Crippen LogP contribution in [0, 0.1) is 5.82 Å². The van der Waals surface area contributed by atoms with E-state index in [4.69, 9.17) is 4.74 Å². The highest BCUT2D eigenvalue weighted by Gasteiger charge is 2.03. The summed E-state index contributed by atoms with van der Waals surface area (Å²) < 4.78 is 18.2. The summed E-state index contributed by atoms with van der Waals surface area (Å²) in [5.74, 6) is 0.0335. The fraction of sp³-hybridized carbons (Fsp3) is 0.500. The Balaban J connectivity index is 2.52. The quantitative estimate of drug-likeness (QED) is 0.741. The Morgan fingerprint density at radius 3 is 2.60 bits per heavy atom. The molecule has 0 spiro atoms. The van der Waals surface area contributed by atoms with Gasteiger partial charge in [0.1, 0.15) is 0 Å². The molecular weight excluding hydrogens is 193 g/mol. The first-order valence-corrected chi connectivity index (χ1v) is 5.10. The summed E-state index contributed by atoms with van der Waals surface area (Å²) in [6.45, 7) is 1.02. The molecule has 2 nitrogen and oxygen atoms in total. The number of halogens is 1. The fourth-order valence-electron chi connectivity index (χ4n) is 1.46. The highest BCUT2D eigenvalue weighted by molar-refractivity contribution is 5.29. The van der Waals surface area contributed by atoms with Gasteiger partial charge >= 0.3 is 0 Å². The van der Waals surface area contributed by atoms with Gasteiger partial charge in [-0.3, -0.25) is 0 Å². The first-order valence-electron chi connectivity index (χ1n) is 5.10. The van der Waals surface area contributed by atoms with Crippen LogP contribution in [0.15, 0.2) is 18.2 Å². The summed E-state index contributed by atoms with van der Waals surface area (Å²) in [5.41, 5.74) is 1.02. The molecule has 0 aromatic heterocycles. The van der Waals surface area contributed by atoms with Gasteiger partial charge in [0.15, 0.2) is 11.6 Å². The van der Waals surface area contributed by atoms with Crippen LogP contribution in [0.1, 0.15) is 12.0 Å². The summed E-state index contributed by atoms with van der Waals surface area (Å²) in [7, 11) is 5.55. The van der Waals surface area contributed by atoms with Crippen molar-refractivity contribution in [2.24, 2.45) is 0 Å². The molecule has 0 unspecified atom stereocenters. The number of ether oxygens (including phenoxy) is 1. The van der Waals surface area contributed by atoms with Crippen LogP contribution >= 0.6 is 0 Å². The second kappa shape index (κ2) is 5.71. The zero-order valence-corrected chi connectivity index (χ0v) is 9.59. The lowest BCUT2D eigenvalue weighted by Crippen LogP contribution is -2.13. The van der Waals surface area contributed by atoms with Crippen molar-refractivity contribution in [1.82, 2.24) is 4.90 Å². The molecule has 0 heterocycles. The molecule has 0 N–H and O–H groups in total. The normalized spacial score (nSPS) is 10.7. The Morgan fingerprint density at radius 2 is 2.07 bits per heavy atom. The molecular formula is C12H18FNO. The number of methoxy groups -OCH3 is 1. The molecule has 0 aliphatic heterocycles. The Morgan fingerprint density at radius 1 is 1.33 bits per heavy atom. The van der Waals surface area contributed by atoms with Crippen molar-refractivity contribution in [3.63, 3.8) is 0 Å². The van der Waals surface area contributed by atoms with Gasteiger partial charge in [0, 0.05) is 0 Å². The average Bonchev–Trinajstić information content (AvgIpc) is 2.17. The second-order valence-electron chi connectivity index (χ2n) is 3.88. The average molecular weight is 211 g/mol. The highest BCUT2D eigenvalue weighted by atomic mass is 19.1. The highest BCUT2D eigenvalue weighted by Crippen LogP contribution is 2.18. The maximum Gasteiger partial charge on any atom is 0.165 e. The van der Waals surface area contributed by atoms with E-state index < -0.39 is 0 Å². The molecule has 15 heavy (non-hydrogen) atoms. The van der Waals surface area contributed by atoms with Crippen LogP contribution in [0.25, 0.3) is 0 Å². The standard InChI is InChI=1S/C12H18FNO/c1-14(2)8-4-5-10-6-7-12(15-3)11(13)9-10/h6-7,9H,4-5,8H2,1-3H3. The van der Waals surface area contributed by atoms with Crippen LogP contribution in [-0.2, 0) is 6.42 Å². The number of hydrogen-bond acceptors (Lipinski definition) is 2. The van der Waals surface area contributed by atoms with E-state index in [-0.39, 0.29) is 5.82 Å². The molecule has 0 saturated heterocycles.